The van der Waals surface area contributed by atoms with Crippen LogP contribution >= 0.6 is 0 Å². The Labute approximate surface area is 145 Å². The molecule has 1 aromatic rings. The number of likely N-dealkylation sites (tertiary alicyclic amines) is 1. The zero-order chi connectivity index (χ0) is 16.4. The molecular weight excluding hydrogens is 302 g/mol. The molecule has 3 fully saturated rings. The van der Waals surface area contributed by atoms with Gasteiger partial charge >= 0.3 is 0 Å². The fourth-order valence-corrected chi connectivity index (χ4v) is 4.65. The molecule has 0 bridgehead atoms. The fraction of sp³-hybridized carbons (Fsp3) is 0.889. The average molecular weight is 333 g/mol. The van der Waals surface area contributed by atoms with Crippen LogP contribution in [0.4, 0.5) is 0 Å². The molecule has 0 N–H and O–H groups in total. The monoisotopic (exact) mass is 333 g/mol. The van der Waals surface area contributed by atoms with Gasteiger partial charge < -0.3 is 9.30 Å². The van der Waals surface area contributed by atoms with Gasteiger partial charge in [0.2, 0.25) is 0 Å². The second-order valence-corrected chi connectivity index (χ2v) is 7.69. The van der Waals surface area contributed by atoms with Crippen LogP contribution in [0.5, 0.6) is 0 Å². The van der Waals surface area contributed by atoms with E-state index >= 15 is 0 Å². The number of aromatic nitrogens is 3. The quantitative estimate of drug-likeness (QED) is 0.840. The third kappa shape index (κ3) is 3.51. The van der Waals surface area contributed by atoms with Gasteiger partial charge in [-0.25, -0.2) is 0 Å². The van der Waals surface area contributed by atoms with E-state index in [-0.39, 0.29) is 0 Å². The van der Waals surface area contributed by atoms with Crippen molar-refractivity contribution in [3.63, 3.8) is 0 Å². The van der Waals surface area contributed by atoms with Crippen molar-refractivity contribution in [2.24, 2.45) is 7.05 Å². The van der Waals surface area contributed by atoms with Crippen LogP contribution in [0.3, 0.4) is 0 Å². The average Bonchev–Trinajstić information content (AvgIpc) is 3.27. The van der Waals surface area contributed by atoms with E-state index in [0.717, 1.165) is 44.7 Å². The number of hydrogen-bond donors (Lipinski definition) is 0. The number of ether oxygens (including phenoxy) is 1. The van der Waals surface area contributed by atoms with Crippen LogP contribution in [0.2, 0.25) is 0 Å². The van der Waals surface area contributed by atoms with Gasteiger partial charge in [-0.05, 0) is 32.2 Å². The van der Waals surface area contributed by atoms with Crippen molar-refractivity contribution in [3.8, 4) is 0 Å². The molecule has 6 heteroatoms. The predicted octanol–water partition coefficient (Wildman–Crippen LogP) is 1.77. The van der Waals surface area contributed by atoms with E-state index in [1.807, 2.05) is 0 Å². The summed E-state index contributed by atoms with van der Waals surface area (Å²) >= 11 is 0. The van der Waals surface area contributed by atoms with Crippen molar-refractivity contribution in [1.82, 2.24) is 24.6 Å². The van der Waals surface area contributed by atoms with Crippen molar-refractivity contribution in [1.29, 1.82) is 0 Å². The van der Waals surface area contributed by atoms with Crippen LogP contribution in [0.15, 0.2) is 0 Å². The minimum absolute atomic E-state index is 0.551. The molecule has 3 aliphatic rings. The number of morpholine rings is 1. The first-order chi connectivity index (χ1) is 11.8. The van der Waals surface area contributed by atoms with Crippen LogP contribution < -0.4 is 0 Å². The van der Waals surface area contributed by atoms with Crippen LogP contribution in [0.25, 0.3) is 0 Å². The molecule has 24 heavy (non-hydrogen) atoms. The number of hydrogen-bond acceptors (Lipinski definition) is 5. The van der Waals surface area contributed by atoms with Crippen molar-refractivity contribution in [2.45, 2.75) is 57.0 Å². The fourth-order valence-electron chi connectivity index (χ4n) is 4.65. The van der Waals surface area contributed by atoms with Crippen LogP contribution in [-0.4, -0.2) is 70.0 Å². The number of piperidine rings is 1. The molecule has 4 rings (SSSR count). The van der Waals surface area contributed by atoms with Crippen LogP contribution in [0.1, 0.15) is 56.1 Å². The zero-order valence-electron chi connectivity index (χ0n) is 15.0. The highest BCUT2D eigenvalue weighted by Gasteiger charge is 2.31. The molecule has 1 saturated carbocycles. The third-order valence-electron chi connectivity index (χ3n) is 6.13. The first kappa shape index (κ1) is 16.5. The molecule has 2 aliphatic heterocycles. The summed E-state index contributed by atoms with van der Waals surface area (Å²) in [6, 6.07) is 0.828. The molecule has 0 amide bonds. The van der Waals surface area contributed by atoms with E-state index in [4.69, 9.17) is 4.74 Å². The van der Waals surface area contributed by atoms with Gasteiger partial charge in [-0.15, -0.1) is 10.2 Å². The van der Waals surface area contributed by atoms with E-state index in [2.05, 4.69) is 31.6 Å². The summed E-state index contributed by atoms with van der Waals surface area (Å²) in [6.07, 6.45) is 8.18. The minimum atomic E-state index is 0.551. The van der Waals surface area contributed by atoms with Crippen molar-refractivity contribution < 1.29 is 4.74 Å². The molecule has 3 heterocycles. The Morgan fingerprint density at radius 3 is 2.58 bits per heavy atom. The summed E-state index contributed by atoms with van der Waals surface area (Å²) in [7, 11) is 2.15. The normalized spacial score (nSPS) is 27.8. The third-order valence-corrected chi connectivity index (χ3v) is 6.13. The maximum absolute atomic E-state index is 5.44. The Morgan fingerprint density at radius 1 is 1.00 bits per heavy atom. The van der Waals surface area contributed by atoms with Gasteiger partial charge in [0.25, 0.3) is 0 Å². The second kappa shape index (κ2) is 7.50. The summed E-state index contributed by atoms with van der Waals surface area (Å²) < 4.78 is 7.70. The Hall–Kier alpha value is -0.980. The van der Waals surface area contributed by atoms with E-state index < -0.39 is 0 Å². The molecule has 1 aromatic heterocycles. The van der Waals surface area contributed by atoms with Gasteiger partial charge in [0, 0.05) is 38.6 Å². The largest absolute Gasteiger partial charge is 0.379 e. The van der Waals surface area contributed by atoms with E-state index in [9.17, 15) is 0 Å². The molecule has 1 aliphatic carbocycles. The Balaban J connectivity index is 1.41. The lowest BCUT2D eigenvalue weighted by atomic mass is 9.95. The second-order valence-electron chi connectivity index (χ2n) is 7.69. The van der Waals surface area contributed by atoms with Gasteiger partial charge in [-0.3, -0.25) is 9.80 Å². The van der Waals surface area contributed by atoms with Gasteiger partial charge in [0.15, 0.2) is 0 Å². The Kier molecular flexibility index (Phi) is 5.15. The summed E-state index contributed by atoms with van der Waals surface area (Å²) in [4.78, 5) is 5.15. The number of rotatable bonds is 4. The van der Waals surface area contributed by atoms with Crippen LogP contribution in [-0.2, 0) is 18.3 Å². The highest BCUT2D eigenvalue weighted by Crippen LogP contribution is 2.31. The van der Waals surface area contributed by atoms with Gasteiger partial charge in [0.1, 0.15) is 11.6 Å². The van der Waals surface area contributed by atoms with Gasteiger partial charge in [-0.2, -0.15) is 0 Å². The summed E-state index contributed by atoms with van der Waals surface area (Å²) in [5, 5.41) is 9.11. The maximum atomic E-state index is 5.44. The lowest BCUT2D eigenvalue weighted by Gasteiger charge is -2.36. The molecule has 0 aromatic carbocycles. The van der Waals surface area contributed by atoms with E-state index in [1.165, 1.54) is 57.4 Å². The molecular formula is C18H31N5O. The first-order valence-electron chi connectivity index (χ1n) is 9.73. The highest BCUT2D eigenvalue weighted by molar-refractivity contribution is 5.04. The Morgan fingerprint density at radius 2 is 1.79 bits per heavy atom. The van der Waals surface area contributed by atoms with Crippen molar-refractivity contribution >= 4 is 0 Å². The molecule has 134 valence electrons. The summed E-state index contributed by atoms with van der Waals surface area (Å²) in [5.41, 5.74) is 0. The predicted molar refractivity (Wildman–Crippen MR) is 92.9 cm³/mol. The topological polar surface area (TPSA) is 46.4 Å². The molecule has 6 nitrogen and oxygen atoms in total. The molecule has 0 radical (unpaired) electrons. The maximum Gasteiger partial charge on any atom is 0.146 e. The van der Waals surface area contributed by atoms with Gasteiger partial charge in [-0.1, -0.05) is 12.8 Å². The lowest BCUT2D eigenvalue weighted by Crippen LogP contribution is -2.41. The van der Waals surface area contributed by atoms with E-state index in [0.29, 0.717) is 5.92 Å². The van der Waals surface area contributed by atoms with Crippen molar-refractivity contribution in [2.75, 3.05) is 39.4 Å². The van der Waals surface area contributed by atoms with Crippen molar-refractivity contribution in [3.05, 3.63) is 11.6 Å². The molecule has 0 unspecified atom stereocenters. The molecule has 1 atom stereocenters. The van der Waals surface area contributed by atoms with Gasteiger partial charge in [0.05, 0.1) is 19.8 Å². The molecule has 0 spiro atoms. The Bertz CT molecular complexity index is 534. The smallest absolute Gasteiger partial charge is 0.146 e. The summed E-state index contributed by atoms with van der Waals surface area (Å²) in [6.45, 7) is 7.02. The molecule has 2 saturated heterocycles. The summed E-state index contributed by atoms with van der Waals surface area (Å²) in [5.74, 6) is 2.85. The first-order valence-corrected chi connectivity index (χ1v) is 9.73. The SMILES string of the molecule is Cn1c(CN2CCOCC2)nnc1[C@@H]1CCCN(C2CCCC2)C1. The lowest BCUT2D eigenvalue weighted by molar-refractivity contribution is 0.0326. The zero-order valence-corrected chi connectivity index (χ0v) is 15.0. The highest BCUT2D eigenvalue weighted by atomic mass is 16.5. The van der Waals surface area contributed by atoms with Crippen LogP contribution in [0, 0.1) is 0 Å². The standard InChI is InChI=1S/C18H31N5O/c1-21-17(14-22-9-11-24-12-10-22)19-20-18(21)15-5-4-8-23(13-15)16-6-2-3-7-16/h15-16H,2-14H2,1H3/t15-/m1/s1. The number of nitrogens with zero attached hydrogens (tertiary/aromatic N) is 5. The minimum Gasteiger partial charge on any atom is -0.379 e. The van der Waals surface area contributed by atoms with E-state index in [1.54, 1.807) is 0 Å².